The summed E-state index contributed by atoms with van der Waals surface area (Å²) in [6.45, 7) is 8.58. The molecule has 2 amide bonds. The van der Waals surface area contributed by atoms with Gasteiger partial charge in [-0.1, -0.05) is 13.3 Å². The minimum Gasteiger partial charge on any atom is -0.491 e. The van der Waals surface area contributed by atoms with Crippen molar-refractivity contribution in [3.05, 3.63) is 24.3 Å². The molecule has 0 aromatic heterocycles. The van der Waals surface area contributed by atoms with E-state index in [2.05, 4.69) is 12.2 Å². The van der Waals surface area contributed by atoms with Gasteiger partial charge in [-0.05, 0) is 44.5 Å². The molecule has 1 aromatic rings. The number of anilines is 1. The third kappa shape index (κ3) is 7.17. The first-order valence-corrected chi connectivity index (χ1v) is 8.25. The molecule has 0 spiro atoms. The van der Waals surface area contributed by atoms with E-state index < -0.39 is 0 Å². The number of carbonyl (C=O) groups excluding carboxylic acids is 2. The summed E-state index contributed by atoms with van der Waals surface area (Å²) >= 11 is 0. The quantitative estimate of drug-likeness (QED) is 0.711. The van der Waals surface area contributed by atoms with Crippen LogP contribution in [0.4, 0.5) is 5.69 Å². The Labute approximate surface area is 139 Å². The highest BCUT2D eigenvalue weighted by Gasteiger charge is 2.13. The Morgan fingerprint density at radius 3 is 2.39 bits per heavy atom. The number of benzene rings is 1. The van der Waals surface area contributed by atoms with Crippen LogP contribution in [-0.2, 0) is 9.59 Å². The molecule has 0 fully saturated rings. The summed E-state index contributed by atoms with van der Waals surface area (Å²) in [5, 5.41) is 2.86. The van der Waals surface area contributed by atoms with Gasteiger partial charge in [0, 0.05) is 32.1 Å². The van der Waals surface area contributed by atoms with E-state index in [1.165, 1.54) is 6.92 Å². The summed E-state index contributed by atoms with van der Waals surface area (Å²) in [6, 6.07) is 7.36. The smallest absolute Gasteiger partial charge is 0.223 e. The fraction of sp³-hybridized carbons (Fsp3) is 0.556. The SMILES string of the molecule is CCCCNC(=O)CCN(C(C)=O)c1ccc(OC(C)C)cc1. The number of unbranched alkanes of at least 4 members (excludes halogenated alkanes) is 1. The molecular formula is C18H28N2O3. The van der Waals surface area contributed by atoms with Gasteiger partial charge in [-0.15, -0.1) is 0 Å². The molecule has 5 nitrogen and oxygen atoms in total. The van der Waals surface area contributed by atoms with Crippen molar-refractivity contribution in [3.63, 3.8) is 0 Å². The molecule has 0 aliphatic heterocycles. The first-order chi connectivity index (χ1) is 10.9. The Balaban J connectivity index is 2.60. The molecule has 1 aromatic carbocycles. The number of ether oxygens (including phenoxy) is 1. The van der Waals surface area contributed by atoms with E-state index in [-0.39, 0.29) is 17.9 Å². The average molecular weight is 320 g/mol. The van der Waals surface area contributed by atoms with Crippen LogP contribution < -0.4 is 15.0 Å². The van der Waals surface area contributed by atoms with Crippen LogP contribution in [0.25, 0.3) is 0 Å². The standard InChI is InChI=1S/C18H28N2O3/c1-5-6-12-19-18(22)11-13-20(15(4)21)16-7-9-17(10-8-16)23-14(2)3/h7-10,14H,5-6,11-13H2,1-4H3,(H,19,22). The first-order valence-electron chi connectivity index (χ1n) is 8.25. The van der Waals surface area contributed by atoms with Crippen molar-refractivity contribution >= 4 is 17.5 Å². The van der Waals surface area contributed by atoms with E-state index in [1.54, 1.807) is 4.90 Å². The van der Waals surface area contributed by atoms with Gasteiger partial charge in [0.25, 0.3) is 0 Å². The molecule has 0 aliphatic rings. The summed E-state index contributed by atoms with van der Waals surface area (Å²) in [4.78, 5) is 25.2. The van der Waals surface area contributed by atoms with Crippen molar-refractivity contribution in [3.8, 4) is 5.75 Å². The Morgan fingerprint density at radius 2 is 1.87 bits per heavy atom. The normalized spacial score (nSPS) is 10.5. The third-order valence-corrected chi connectivity index (χ3v) is 3.32. The first kappa shape index (κ1) is 19.0. The van der Waals surface area contributed by atoms with E-state index in [0.717, 1.165) is 24.3 Å². The molecule has 0 saturated carbocycles. The highest BCUT2D eigenvalue weighted by molar-refractivity contribution is 5.92. The number of amides is 2. The van der Waals surface area contributed by atoms with Crippen LogP contribution in [0.2, 0.25) is 0 Å². The lowest BCUT2D eigenvalue weighted by atomic mass is 10.2. The van der Waals surface area contributed by atoms with Crippen molar-refractivity contribution in [2.24, 2.45) is 0 Å². The number of carbonyl (C=O) groups is 2. The van der Waals surface area contributed by atoms with E-state index >= 15 is 0 Å². The number of hydrogen-bond acceptors (Lipinski definition) is 3. The van der Waals surface area contributed by atoms with Gasteiger partial charge in [0.15, 0.2) is 0 Å². The number of nitrogens with one attached hydrogen (secondary N) is 1. The Kier molecular flexibility index (Phi) is 8.16. The monoisotopic (exact) mass is 320 g/mol. The molecule has 23 heavy (non-hydrogen) atoms. The molecule has 0 unspecified atom stereocenters. The number of hydrogen-bond donors (Lipinski definition) is 1. The van der Waals surface area contributed by atoms with Crippen molar-refractivity contribution < 1.29 is 14.3 Å². The van der Waals surface area contributed by atoms with E-state index in [1.807, 2.05) is 38.1 Å². The predicted molar refractivity (Wildman–Crippen MR) is 92.8 cm³/mol. The molecule has 0 aliphatic carbocycles. The van der Waals surface area contributed by atoms with Gasteiger partial charge in [0.1, 0.15) is 5.75 Å². The molecule has 0 bridgehead atoms. The molecule has 0 saturated heterocycles. The molecule has 1 rings (SSSR count). The summed E-state index contributed by atoms with van der Waals surface area (Å²) in [6.07, 6.45) is 2.43. The zero-order valence-corrected chi connectivity index (χ0v) is 14.6. The Morgan fingerprint density at radius 1 is 1.22 bits per heavy atom. The second kappa shape index (κ2) is 9.87. The largest absolute Gasteiger partial charge is 0.491 e. The number of nitrogens with zero attached hydrogens (tertiary/aromatic N) is 1. The topological polar surface area (TPSA) is 58.6 Å². The Hall–Kier alpha value is -2.04. The third-order valence-electron chi connectivity index (χ3n) is 3.32. The fourth-order valence-corrected chi connectivity index (χ4v) is 2.15. The summed E-state index contributed by atoms with van der Waals surface area (Å²) < 4.78 is 5.59. The second-order valence-electron chi connectivity index (χ2n) is 5.78. The van der Waals surface area contributed by atoms with Crippen LogP contribution >= 0.6 is 0 Å². The van der Waals surface area contributed by atoms with Crippen LogP contribution in [0.5, 0.6) is 5.75 Å². The van der Waals surface area contributed by atoms with Gasteiger partial charge >= 0.3 is 0 Å². The number of rotatable bonds is 9. The molecule has 0 atom stereocenters. The maximum atomic E-state index is 11.8. The average Bonchev–Trinajstić information content (AvgIpc) is 2.48. The second-order valence-corrected chi connectivity index (χ2v) is 5.78. The van der Waals surface area contributed by atoms with Crippen LogP contribution in [0.15, 0.2) is 24.3 Å². The highest BCUT2D eigenvalue weighted by atomic mass is 16.5. The van der Waals surface area contributed by atoms with E-state index in [9.17, 15) is 9.59 Å². The van der Waals surface area contributed by atoms with Crippen molar-refractivity contribution in [2.75, 3.05) is 18.0 Å². The minimum atomic E-state index is -0.0797. The van der Waals surface area contributed by atoms with Crippen molar-refractivity contribution in [1.82, 2.24) is 5.32 Å². The highest BCUT2D eigenvalue weighted by Crippen LogP contribution is 2.20. The lowest BCUT2D eigenvalue weighted by Gasteiger charge is -2.21. The molecule has 5 heteroatoms. The van der Waals surface area contributed by atoms with Crippen LogP contribution in [0, 0.1) is 0 Å². The van der Waals surface area contributed by atoms with E-state index in [4.69, 9.17) is 4.74 Å². The zero-order chi connectivity index (χ0) is 17.2. The predicted octanol–water partition coefficient (Wildman–Crippen LogP) is 3.13. The summed E-state index contributed by atoms with van der Waals surface area (Å²) in [7, 11) is 0. The van der Waals surface area contributed by atoms with Gasteiger partial charge in [0.2, 0.25) is 11.8 Å². The zero-order valence-electron chi connectivity index (χ0n) is 14.6. The van der Waals surface area contributed by atoms with E-state index in [0.29, 0.717) is 19.5 Å². The van der Waals surface area contributed by atoms with Crippen molar-refractivity contribution in [1.29, 1.82) is 0 Å². The molecule has 128 valence electrons. The molecular weight excluding hydrogens is 292 g/mol. The maximum absolute atomic E-state index is 11.8. The summed E-state index contributed by atoms with van der Waals surface area (Å²) in [5.74, 6) is 0.665. The summed E-state index contributed by atoms with van der Waals surface area (Å²) in [5.41, 5.74) is 0.773. The fourth-order valence-electron chi connectivity index (χ4n) is 2.15. The van der Waals surface area contributed by atoms with Gasteiger partial charge in [-0.25, -0.2) is 0 Å². The molecule has 0 heterocycles. The van der Waals surface area contributed by atoms with Crippen LogP contribution in [0.3, 0.4) is 0 Å². The van der Waals surface area contributed by atoms with Crippen LogP contribution in [-0.4, -0.2) is 31.0 Å². The Bertz CT molecular complexity index is 497. The lowest BCUT2D eigenvalue weighted by molar-refractivity contribution is -0.121. The van der Waals surface area contributed by atoms with Gasteiger partial charge < -0.3 is 15.0 Å². The van der Waals surface area contributed by atoms with Gasteiger partial charge in [-0.2, -0.15) is 0 Å². The molecule has 0 radical (unpaired) electrons. The van der Waals surface area contributed by atoms with Gasteiger partial charge in [-0.3, -0.25) is 9.59 Å². The van der Waals surface area contributed by atoms with Gasteiger partial charge in [0.05, 0.1) is 6.10 Å². The maximum Gasteiger partial charge on any atom is 0.223 e. The minimum absolute atomic E-state index is 0.0236. The lowest BCUT2D eigenvalue weighted by Crippen LogP contribution is -2.34. The van der Waals surface area contributed by atoms with Crippen molar-refractivity contribution in [2.45, 2.75) is 53.1 Å². The van der Waals surface area contributed by atoms with Crippen LogP contribution in [0.1, 0.15) is 47.0 Å². The molecule has 1 N–H and O–H groups in total.